The average Bonchev–Trinajstić information content (AvgIpc) is 2.53. The van der Waals surface area contributed by atoms with E-state index in [2.05, 4.69) is 52.4 Å². The Kier molecular flexibility index (Phi) is 6.93. The van der Waals surface area contributed by atoms with Crippen molar-refractivity contribution in [1.29, 1.82) is 0 Å². The molecule has 0 aliphatic heterocycles. The molecule has 0 aliphatic rings. The van der Waals surface area contributed by atoms with Gasteiger partial charge >= 0.3 is 0 Å². The fraction of sp³-hybridized carbons (Fsp3) is 0.368. The van der Waals surface area contributed by atoms with Gasteiger partial charge in [-0.05, 0) is 44.0 Å². The van der Waals surface area contributed by atoms with Gasteiger partial charge in [0, 0.05) is 17.6 Å². The minimum Gasteiger partial charge on any atom is -0.490 e. The Labute approximate surface area is 147 Å². The van der Waals surface area contributed by atoms with Crippen LogP contribution in [0.3, 0.4) is 0 Å². The number of ether oxygens (including phenoxy) is 2. The van der Waals surface area contributed by atoms with E-state index in [1.54, 1.807) is 0 Å². The number of nitrogens with one attached hydrogen (secondary N) is 1. The predicted octanol–water partition coefficient (Wildman–Crippen LogP) is 4.84. The summed E-state index contributed by atoms with van der Waals surface area (Å²) in [6.45, 7) is 8.90. The maximum absolute atomic E-state index is 5.69. The third-order valence-electron chi connectivity index (χ3n) is 3.48. The van der Waals surface area contributed by atoms with Gasteiger partial charge in [-0.3, -0.25) is 0 Å². The Hall–Kier alpha value is -1.52. The van der Waals surface area contributed by atoms with Crippen molar-refractivity contribution in [3.05, 3.63) is 57.6 Å². The van der Waals surface area contributed by atoms with Crippen LogP contribution in [0.15, 0.2) is 40.9 Å². The summed E-state index contributed by atoms with van der Waals surface area (Å²) in [5, 5.41) is 3.47. The van der Waals surface area contributed by atoms with E-state index in [-0.39, 0.29) is 0 Å². The molecule has 0 atom stereocenters. The van der Waals surface area contributed by atoms with Crippen LogP contribution in [-0.2, 0) is 13.1 Å². The highest BCUT2D eigenvalue weighted by Gasteiger charge is 2.10. The summed E-state index contributed by atoms with van der Waals surface area (Å²) < 4.78 is 12.4. The van der Waals surface area contributed by atoms with Crippen molar-refractivity contribution in [2.24, 2.45) is 0 Å². The summed E-state index contributed by atoms with van der Waals surface area (Å²) in [5.41, 5.74) is 3.72. The molecule has 0 aromatic heterocycles. The summed E-state index contributed by atoms with van der Waals surface area (Å²) in [6.07, 6.45) is 0. The zero-order valence-electron chi connectivity index (χ0n) is 14.0. The lowest BCUT2D eigenvalue weighted by Gasteiger charge is -2.14. The molecule has 2 rings (SSSR count). The van der Waals surface area contributed by atoms with Crippen LogP contribution in [0.1, 0.15) is 30.5 Å². The summed E-state index contributed by atoms with van der Waals surface area (Å²) in [4.78, 5) is 0. The highest BCUT2D eigenvalue weighted by atomic mass is 79.9. The van der Waals surface area contributed by atoms with Crippen molar-refractivity contribution in [3.8, 4) is 11.5 Å². The predicted molar refractivity (Wildman–Crippen MR) is 98.2 cm³/mol. The fourth-order valence-electron chi connectivity index (χ4n) is 2.30. The molecule has 124 valence electrons. The molecular formula is C19H24BrNO2. The third-order valence-corrected chi connectivity index (χ3v) is 4.22. The molecule has 0 fully saturated rings. The molecule has 0 spiro atoms. The van der Waals surface area contributed by atoms with Crippen LogP contribution in [0.5, 0.6) is 11.5 Å². The first-order valence-electron chi connectivity index (χ1n) is 7.98. The number of rotatable bonds is 8. The molecule has 0 heterocycles. The van der Waals surface area contributed by atoms with Gasteiger partial charge in [-0.1, -0.05) is 45.8 Å². The summed E-state index contributed by atoms with van der Waals surface area (Å²) in [5.74, 6) is 1.58. The lowest BCUT2D eigenvalue weighted by Crippen LogP contribution is -2.13. The molecule has 2 aromatic rings. The van der Waals surface area contributed by atoms with Crippen LogP contribution in [0.25, 0.3) is 0 Å². The van der Waals surface area contributed by atoms with Gasteiger partial charge in [0.25, 0.3) is 0 Å². The molecule has 4 heteroatoms. The van der Waals surface area contributed by atoms with Crippen molar-refractivity contribution in [3.63, 3.8) is 0 Å². The van der Waals surface area contributed by atoms with Crippen LogP contribution in [0.2, 0.25) is 0 Å². The van der Waals surface area contributed by atoms with Crippen molar-refractivity contribution in [2.75, 3.05) is 13.2 Å². The van der Waals surface area contributed by atoms with E-state index in [4.69, 9.17) is 9.47 Å². The van der Waals surface area contributed by atoms with E-state index in [0.717, 1.165) is 34.6 Å². The molecule has 0 saturated heterocycles. The maximum atomic E-state index is 5.69. The number of benzene rings is 2. The van der Waals surface area contributed by atoms with Crippen LogP contribution in [0.4, 0.5) is 0 Å². The van der Waals surface area contributed by atoms with Gasteiger partial charge in [0.2, 0.25) is 0 Å². The number of halogens is 1. The molecule has 0 aliphatic carbocycles. The van der Waals surface area contributed by atoms with E-state index in [9.17, 15) is 0 Å². The molecule has 0 bridgehead atoms. The highest BCUT2D eigenvalue weighted by Crippen LogP contribution is 2.33. The van der Waals surface area contributed by atoms with Crippen molar-refractivity contribution in [1.82, 2.24) is 5.32 Å². The Morgan fingerprint density at radius 1 is 0.913 bits per heavy atom. The Balaban J connectivity index is 2.03. The maximum Gasteiger partial charge on any atom is 0.162 e. The zero-order valence-corrected chi connectivity index (χ0v) is 15.6. The highest BCUT2D eigenvalue weighted by molar-refractivity contribution is 9.10. The van der Waals surface area contributed by atoms with Gasteiger partial charge in [0.15, 0.2) is 11.5 Å². The SMILES string of the molecule is CCOc1cc(Br)c(CNCc2ccc(C)cc2)cc1OCC. The molecule has 23 heavy (non-hydrogen) atoms. The molecule has 2 aromatic carbocycles. The van der Waals surface area contributed by atoms with Crippen molar-refractivity contribution in [2.45, 2.75) is 33.9 Å². The lowest BCUT2D eigenvalue weighted by molar-refractivity contribution is 0.287. The summed E-state index contributed by atoms with van der Waals surface area (Å²) in [7, 11) is 0. The van der Waals surface area contributed by atoms with Gasteiger partial charge in [-0.25, -0.2) is 0 Å². The molecule has 3 nitrogen and oxygen atoms in total. The molecular weight excluding hydrogens is 354 g/mol. The van der Waals surface area contributed by atoms with Gasteiger partial charge in [-0.2, -0.15) is 0 Å². The topological polar surface area (TPSA) is 30.5 Å². The van der Waals surface area contributed by atoms with E-state index in [1.165, 1.54) is 11.1 Å². The number of hydrogen-bond acceptors (Lipinski definition) is 3. The fourth-order valence-corrected chi connectivity index (χ4v) is 2.76. The third kappa shape index (κ3) is 5.26. The smallest absolute Gasteiger partial charge is 0.162 e. The quantitative estimate of drug-likeness (QED) is 0.713. The first kappa shape index (κ1) is 17.8. The normalized spacial score (nSPS) is 10.6. The zero-order chi connectivity index (χ0) is 16.7. The molecule has 0 radical (unpaired) electrons. The molecule has 0 saturated carbocycles. The second kappa shape index (κ2) is 8.94. The average molecular weight is 378 g/mol. The Morgan fingerprint density at radius 2 is 1.52 bits per heavy atom. The van der Waals surface area contributed by atoms with E-state index >= 15 is 0 Å². The van der Waals surface area contributed by atoms with E-state index in [0.29, 0.717) is 13.2 Å². The van der Waals surface area contributed by atoms with Gasteiger partial charge in [0.05, 0.1) is 13.2 Å². The van der Waals surface area contributed by atoms with Gasteiger partial charge in [0.1, 0.15) is 0 Å². The van der Waals surface area contributed by atoms with Crippen LogP contribution >= 0.6 is 15.9 Å². The summed E-state index contributed by atoms with van der Waals surface area (Å²) >= 11 is 3.62. The first-order chi connectivity index (χ1) is 11.1. The summed E-state index contributed by atoms with van der Waals surface area (Å²) in [6, 6.07) is 12.6. The molecule has 0 unspecified atom stereocenters. The Morgan fingerprint density at radius 3 is 2.13 bits per heavy atom. The lowest BCUT2D eigenvalue weighted by atomic mass is 10.1. The van der Waals surface area contributed by atoms with E-state index < -0.39 is 0 Å². The minimum atomic E-state index is 0.623. The van der Waals surface area contributed by atoms with Crippen molar-refractivity contribution >= 4 is 15.9 Å². The van der Waals surface area contributed by atoms with Crippen LogP contribution in [0, 0.1) is 6.92 Å². The molecule has 0 amide bonds. The first-order valence-corrected chi connectivity index (χ1v) is 8.77. The number of hydrogen-bond donors (Lipinski definition) is 1. The molecule has 1 N–H and O–H groups in total. The van der Waals surface area contributed by atoms with Crippen molar-refractivity contribution < 1.29 is 9.47 Å². The second-order valence-corrected chi connectivity index (χ2v) is 6.20. The standard InChI is InChI=1S/C19H24BrNO2/c1-4-22-18-10-16(17(20)11-19(18)23-5-2)13-21-12-15-8-6-14(3)7-9-15/h6-11,21H,4-5,12-13H2,1-3H3. The number of aryl methyl sites for hydroxylation is 1. The van der Waals surface area contributed by atoms with E-state index in [1.807, 2.05) is 26.0 Å². The Bertz CT molecular complexity index is 626. The van der Waals surface area contributed by atoms with Gasteiger partial charge in [-0.15, -0.1) is 0 Å². The monoisotopic (exact) mass is 377 g/mol. The van der Waals surface area contributed by atoms with Gasteiger partial charge < -0.3 is 14.8 Å². The van der Waals surface area contributed by atoms with Crippen LogP contribution < -0.4 is 14.8 Å². The van der Waals surface area contributed by atoms with Crippen LogP contribution in [-0.4, -0.2) is 13.2 Å². The largest absolute Gasteiger partial charge is 0.490 e. The minimum absolute atomic E-state index is 0.623. The second-order valence-electron chi connectivity index (χ2n) is 5.35.